The molecule has 28 heavy (non-hydrogen) atoms. The molecule has 0 aliphatic heterocycles. The van der Waals surface area contributed by atoms with Gasteiger partial charge in [-0.1, -0.05) is 66.7 Å². The Morgan fingerprint density at radius 1 is 0.643 bits per heavy atom. The van der Waals surface area contributed by atoms with Gasteiger partial charge in [-0.2, -0.15) is 0 Å². The van der Waals surface area contributed by atoms with E-state index >= 15 is 0 Å². The molecule has 0 N–H and O–H groups in total. The van der Waals surface area contributed by atoms with E-state index in [0.717, 1.165) is 0 Å². The maximum atomic E-state index is 5.88. The molecular formula is C25H22O2Si. The summed E-state index contributed by atoms with van der Waals surface area (Å²) in [6.45, 7) is 5.36. The molecule has 0 unspecified atom stereocenters. The molecule has 0 aliphatic rings. The minimum atomic E-state index is -0.188. The predicted octanol–water partition coefficient (Wildman–Crippen LogP) is 5.42. The van der Waals surface area contributed by atoms with E-state index in [4.69, 9.17) is 9.47 Å². The smallest absolute Gasteiger partial charge is 0.157 e. The van der Waals surface area contributed by atoms with E-state index in [1.165, 1.54) is 48.3 Å². The molecule has 0 aromatic heterocycles. The van der Waals surface area contributed by atoms with Crippen molar-refractivity contribution in [2.45, 2.75) is 19.8 Å². The zero-order chi connectivity index (χ0) is 19.1. The first-order valence-electron chi connectivity index (χ1n) is 9.89. The molecule has 5 rings (SSSR count). The van der Waals surface area contributed by atoms with E-state index in [1.54, 1.807) is 0 Å². The first-order valence-corrected chi connectivity index (χ1v) is 11.0. The van der Waals surface area contributed by atoms with Crippen LogP contribution in [0.5, 0.6) is 0 Å². The van der Waals surface area contributed by atoms with Gasteiger partial charge in [0.25, 0.3) is 0 Å². The van der Waals surface area contributed by atoms with Crippen molar-refractivity contribution in [1.82, 2.24) is 0 Å². The van der Waals surface area contributed by atoms with Crippen LogP contribution in [-0.2, 0) is 9.47 Å². The molecule has 5 aromatic rings. The monoisotopic (exact) mass is 382 g/mol. The number of ether oxygens (including phenoxy) is 2. The summed E-state index contributed by atoms with van der Waals surface area (Å²) in [4.78, 5) is 0. The number of benzene rings is 5. The maximum Gasteiger partial charge on any atom is 0.157 e. The normalized spacial score (nSPS) is 12.2. The first-order chi connectivity index (χ1) is 13.8. The van der Waals surface area contributed by atoms with Gasteiger partial charge in [0.2, 0.25) is 0 Å². The third-order valence-electron chi connectivity index (χ3n) is 5.42. The number of rotatable bonds is 6. The van der Waals surface area contributed by atoms with Crippen molar-refractivity contribution in [3.8, 4) is 0 Å². The van der Waals surface area contributed by atoms with Gasteiger partial charge in [0.15, 0.2) is 9.52 Å². The lowest BCUT2D eigenvalue weighted by Gasteiger charge is -2.20. The van der Waals surface area contributed by atoms with Crippen LogP contribution in [0.4, 0.5) is 0 Å². The largest absolute Gasteiger partial charge is 0.357 e. The second kappa shape index (κ2) is 7.17. The quantitative estimate of drug-likeness (QED) is 0.169. The van der Waals surface area contributed by atoms with Crippen molar-refractivity contribution in [3.05, 3.63) is 66.7 Å². The van der Waals surface area contributed by atoms with E-state index < -0.39 is 0 Å². The van der Waals surface area contributed by atoms with Crippen molar-refractivity contribution in [2.24, 2.45) is 0 Å². The molecule has 0 saturated heterocycles. The van der Waals surface area contributed by atoms with Gasteiger partial charge in [-0.3, -0.25) is 0 Å². The van der Waals surface area contributed by atoms with Crippen molar-refractivity contribution in [1.29, 1.82) is 0 Å². The highest BCUT2D eigenvalue weighted by atomic mass is 28.2. The molecule has 138 valence electrons. The fourth-order valence-electron chi connectivity index (χ4n) is 4.34. The van der Waals surface area contributed by atoms with E-state index in [2.05, 4.69) is 66.7 Å². The summed E-state index contributed by atoms with van der Waals surface area (Å²) < 4.78 is 11.8. The van der Waals surface area contributed by atoms with Gasteiger partial charge in [0, 0.05) is 13.2 Å². The molecule has 2 radical (unpaired) electrons. The number of hydrogen-bond donors (Lipinski definition) is 0. The SMILES string of the molecule is CCOC(OCC)[Si]c1ccc2cccc3c4cccc5cccc(c1c23)c54. The van der Waals surface area contributed by atoms with Crippen molar-refractivity contribution >= 4 is 57.8 Å². The zero-order valence-corrected chi connectivity index (χ0v) is 17.2. The summed E-state index contributed by atoms with van der Waals surface area (Å²) in [6, 6.07) is 24.4. The van der Waals surface area contributed by atoms with Crippen molar-refractivity contribution < 1.29 is 9.47 Å². The molecule has 0 spiro atoms. The minimum Gasteiger partial charge on any atom is -0.357 e. The van der Waals surface area contributed by atoms with Crippen LogP contribution in [0.2, 0.25) is 0 Å². The summed E-state index contributed by atoms with van der Waals surface area (Å²) in [5.74, 6) is -0.188. The minimum absolute atomic E-state index is 0.188. The number of fused-ring (bicyclic) bond motifs is 2. The first kappa shape index (κ1) is 17.6. The third-order valence-corrected chi connectivity index (χ3v) is 6.72. The molecule has 0 bridgehead atoms. The van der Waals surface area contributed by atoms with Crippen LogP contribution in [0.3, 0.4) is 0 Å². The molecule has 2 nitrogen and oxygen atoms in total. The second-order valence-corrected chi connectivity index (χ2v) is 8.29. The Balaban J connectivity index is 1.89. The highest BCUT2D eigenvalue weighted by Crippen LogP contribution is 2.39. The summed E-state index contributed by atoms with van der Waals surface area (Å²) in [6.07, 6.45) is 0. The van der Waals surface area contributed by atoms with E-state index in [-0.39, 0.29) is 5.91 Å². The summed E-state index contributed by atoms with van der Waals surface area (Å²) >= 11 is 0. The van der Waals surface area contributed by atoms with Gasteiger partial charge in [-0.05, 0) is 62.1 Å². The third kappa shape index (κ3) is 2.70. The fraction of sp³-hybridized carbons (Fsp3) is 0.200. The molecule has 0 amide bonds. The van der Waals surface area contributed by atoms with Crippen LogP contribution in [-0.4, -0.2) is 28.6 Å². The van der Waals surface area contributed by atoms with Crippen LogP contribution >= 0.6 is 0 Å². The molecule has 0 fully saturated rings. The molecule has 3 heteroatoms. The maximum absolute atomic E-state index is 5.88. The Kier molecular flexibility index (Phi) is 4.51. The van der Waals surface area contributed by atoms with E-state index in [1.807, 2.05) is 13.8 Å². The van der Waals surface area contributed by atoms with Gasteiger partial charge in [-0.25, -0.2) is 0 Å². The fourth-order valence-corrected chi connectivity index (χ4v) is 5.68. The molecule has 0 heterocycles. The summed E-state index contributed by atoms with van der Waals surface area (Å²) in [5.41, 5.74) is 0. The van der Waals surface area contributed by atoms with Gasteiger partial charge in [0.05, 0.1) is 0 Å². The molecule has 0 saturated carbocycles. The summed E-state index contributed by atoms with van der Waals surface area (Å²) in [5, 5.41) is 11.9. The summed E-state index contributed by atoms with van der Waals surface area (Å²) in [7, 11) is 0.446. The molecule has 0 aliphatic carbocycles. The van der Waals surface area contributed by atoms with Crippen LogP contribution in [0, 0.1) is 0 Å². The standard InChI is InChI=1S/C25H22O2Si/c1-3-26-25(27-4-2)28-21-15-14-17-10-6-12-19-18-11-5-8-16-9-7-13-20(22(16)18)24(21)23(17)19/h5-15,25H,3-4H2,1-2H3. The lowest BCUT2D eigenvalue weighted by Crippen LogP contribution is -2.33. The van der Waals surface area contributed by atoms with E-state index in [9.17, 15) is 0 Å². The Hall–Kier alpha value is -2.46. The van der Waals surface area contributed by atoms with Gasteiger partial charge in [0.1, 0.15) is 5.91 Å². The lowest BCUT2D eigenvalue weighted by molar-refractivity contribution is -0.0817. The molecule has 5 aromatic carbocycles. The predicted molar refractivity (Wildman–Crippen MR) is 120 cm³/mol. The highest BCUT2D eigenvalue weighted by molar-refractivity contribution is 6.60. The van der Waals surface area contributed by atoms with Gasteiger partial charge >= 0.3 is 0 Å². The Bertz CT molecular complexity index is 1270. The van der Waals surface area contributed by atoms with Gasteiger partial charge in [-0.15, -0.1) is 0 Å². The number of hydrogen-bond acceptors (Lipinski definition) is 2. The van der Waals surface area contributed by atoms with Crippen LogP contribution in [0.25, 0.3) is 43.1 Å². The Morgan fingerprint density at radius 3 is 1.86 bits per heavy atom. The van der Waals surface area contributed by atoms with Crippen LogP contribution < -0.4 is 5.19 Å². The van der Waals surface area contributed by atoms with Crippen molar-refractivity contribution in [2.75, 3.05) is 13.2 Å². The van der Waals surface area contributed by atoms with Crippen LogP contribution in [0.1, 0.15) is 13.8 Å². The van der Waals surface area contributed by atoms with Crippen LogP contribution in [0.15, 0.2) is 66.7 Å². The molecule has 0 atom stereocenters. The second-order valence-electron chi connectivity index (χ2n) is 6.99. The van der Waals surface area contributed by atoms with Crippen molar-refractivity contribution in [3.63, 3.8) is 0 Å². The average Bonchev–Trinajstić information content (AvgIpc) is 2.73. The highest BCUT2D eigenvalue weighted by Gasteiger charge is 2.18. The van der Waals surface area contributed by atoms with E-state index in [0.29, 0.717) is 22.7 Å². The Labute approximate surface area is 167 Å². The average molecular weight is 383 g/mol. The molecular weight excluding hydrogens is 360 g/mol. The Morgan fingerprint density at radius 2 is 1.21 bits per heavy atom. The topological polar surface area (TPSA) is 18.5 Å². The lowest BCUT2D eigenvalue weighted by atomic mass is 9.90. The van der Waals surface area contributed by atoms with Gasteiger partial charge < -0.3 is 9.47 Å². The zero-order valence-electron chi connectivity index (χ0n) is 16.2.